The van der Waals surface area contributed by atoms with Crippen LogP contribution >= 0.6 is 0 Å². The molecule has 0 spiro atoms. The van der Waals surface area contributed by atoms with Crippen molar-refractivity contribution in [3.63, 3.8) is 0 Å². The van der Waals surface area contributed by atoms with Gasteiger partial charge in [-0.1, -0.05) is 0 Å². The number of imidazole rings is 1. The van der Waals surface area contributed by atoms with Crippen LogP contribution in [0.4, 0.5) is 4.39 Å². The first-order valence-electron chi connectivity index (χ1n) is 6.05. The van der Waals surface area contributed by atoms with Gasteiger partial charge in [0, 0.05) is 26.2 Å². The van der Waals surface area contributed by atoms with E-state index in [0.29, 0.717) is 12.2 Å². The van der Waals surface area contributed by atoms with Gasteiger partial charge in [0.15, 0.2) is 0 Å². The van der Waals surface area contributed by atoms with E-state index in [1.54, 1.807) is 10.6 Å². The van der Waals surface area contributed by atoms with E-state index in [4.69, 9.17) is 0 Å². The Hall–Kier alpha value is -1.66. The Kier molecular flexibility index (Phi) is 2.89. The van der Waals surface area contributed by atoms with E-state index in [2.05, 4.69) is 15.2 Å². The van der Waals surface area contributed by atoms with Crippen LogP contribution in [0.2, 0.25) is 0 Å². The Labute approximate surface area is 103 Å². The molecule has 0 atom stereocenters. The number of hydrogen-bond acceptors (Lipinski definition) is 3. The van der Waals surface area contributed by atoms with Gasteiger partial charge in [-0.05, 0) is 18.2 Å². The molecule has 0 unspecified atom stereocenters. The maximum atomic E-state index is 13.1. The molecule has 5 nitrogen and oxygen atoms in total. The Morgan fingerprint density at radius 3 is 2.83 bits per heavy atom. The van der Waals surface area contributed by atoms with Crippen LogP contribution in [-0.2, 0) is 6.67 Å². The number of benzene rings is 1. The molecule has 18 heavy (non-hydrogen) atoms. The second-order valence-electron chi connectivity index (χ2n) is 4.53. The molecule has 6 heteroatoms. The summed E-state index contributed by atoms with van der Waals surface area (Å²) in [7, 11) is 0. The van der Waals surface area contributed by atoms with Crippen LogP contribution in [0.1, 0.15) is 0 Å². The van der Waals surface area contributed by atoms with Crippen LogP contribution in [0.25, 0.3) is 11.0 Å². The second-order valence-corrected chi connectivity index (χ2v) is 4.53. The Bertz CT molecular complexity index is 612. The third-order valence-electron chi connectivity index (χ3n) is 3.29. The van der Waals surface area contributed by atoms with Gasteiger partial charge < -0.3 is 10.3 Å². The molecule has 1 aromatic heterocycles. The van der Waals surface area contributed by atoms with Gasteiger partial charge in [-0.2, -0.15) is 0 Å². The summed E-state index contributed by atoms with van der Waals surface area (Å²) < 4.78 is 14.7. The summed E-state index contributed by atoms with van der Waals surface area (Å²) in [6.07, 6.45) is 0. The van der Waals surface area contributed by atoms with Gasteiger partial charge in [0.05, 0.1) is 17.7 Å². The van der Waals surface area contributed by atoms with E-state index in [1.807, 2.05) is 0 Å². The number of aromatic amines is 1. The molecule has 2 aromatic rings. The first-order chi connectivity index (χ1) is 8.74. The van der Waals surface area contributed by atoms with E-state index in [1.165, 1.54) is 12.1 Å². The number of nitrogens with zero attached hydrogens (tertiary/aromatic N) is 2. The lowest BCUT2D eigenvalue weighted by Gasteiger charge is -2.27. The summed E-state index contributed by atoms with van der Waals surface area (Å²) in [5.41, 5.74) is 1.11. The Morgan fingerprint density at radius 2 is 2.06 bits per heavy atom. The third kappa shape index (κ3) is 2.04. The average molecular weight is 250 g/mol. The zero-order valence-electron chi connectivity index (χ0n) is 9.95. The third-order valence-corrected chi connectivity index (χ3v) is 3.29. The van der Waals surface area contributed by atoms with Gasteiger partial charge in [0.25, 0.3) is 0 Å². The van der Waals surface area contributed by atoms with Crippen LogP contribution < -0.4 is 11.0 Å². The number of piperazine rings is 1. The molecule has 1 fully saturated rings. The smallest absolute Gasteiger partial charge is 0.314 e. The number of hydrogen-bond donors (Lipinski definition) is 2. The maximum Gasteiger partial charge on any atom is 0.327 e. The minimum Gasteiger partial charge on any atom is -0.314 e. The second kappa shape index (κ2) is 4.55. The van der Waals surface area contributed by atoms with E-state index < -0.39 is 0 Å². The van der Waals surface area contributed by atoms with Crippen LogP contribution in [-0.4, -0.2) is 40.6 Å². The van der Waals surface area contributed by atoms with Gasteiger partial charge in [0.1, 0.15) is 5.82 Å². The average Bonchev–Trinajstić information content (AvgIpc) is 2.66. The highest BCUT2D eigenvalue weighted by Gasteiger charge is 2.13. The highest BCUT2D eigenvalue weighted by atomic mass is 19.1. The van der Waals surface area contributed by atoms with Gasteiger partial charge in [0.2, 0.25) is 0 Å². The molecular formula is C12H15FN4O. The number of halogens is 1. The SMILES string of the molecule is O=c1[nH]c2cc(F)ccc2n1CN1CCNCC1. The van der Waals surface area contributed by atoms with E-state index in [9.17, 15) is 9.18 Å². The number of H-pyrrole nitrogens is 1. The fraction of sp³-hybridized carbons (Fsp3) is 0.417. The van der Waals surface area contributed by atoms with Gasteiger partial charge in [-0.15, -0.1) is 0 Å². The molecule has 0 aliphatic carbocycles. The summed E-state index contributed by atoms with van der Waals surface area (Å²) in [6, 6.07) is 4.37. The van der Waals surface area contributed by atoms with Crippen LogP contribution in [0, 0.1) is 5.82 Å². The fourth-order valence-corrected chi connectivity index (χ4v) is 2.33. The van der Waals surface area contributed by atoms with Gasteiger partial charge >= 0.3 is 5.69 Å². The lowest BCUT2D eigenvalue weighted by Crippen LogP contribution is -2.45. The van der Waals surface area contributed by atoms with Gasteiger partial charge in [-0.25, -0.2) is 9.18 Å². The van der Waals surface area contributed by atoms with Crippen molar-refractivity contribution in [1.82, 2.24) is 19.8 Å². The lowest BCUT2D eigenvalue weighted by atomic mass is 10.3. The standard InChI is InChI=1S/C12H15FN4O/c13-9-1-2-11-10(7-9)15-12(18)17(11)8-16-5-3-14-4-6-16/h1-2,7,14H,3-6,8H2,(H,15,18). The molecular weight excluding hydrogens is 235 g/mol. The topological polar surface area (TPSA) is 53.1 Å². The van der Waals surface area contributed by atoms with Crippen LogP contribution in [0.15, 0.2) is 23.0 Å². The molecule has 96 valence electrons. The Balaban J connectivity index is 1.95. The van der Waals surface area contributed by atoms with Crippen molar-refractivity contribution in [3.8, 4) is 0 Å². The highest BCUT2D eigenvalue weighted by Crippen LogP contribution is 2.12. The minimum absolute atomic E-state index is 0.186. The zero-order valence-corrected chi connectivity index (χ0v) is 9.95. The summed E-state index contributed by atoms with van der Waals surface area (Å²) in [6.45, 7) is 4.25. The normalized spacial score (nSPS) is 17.4. The number of fused-ring (bicyclic) bond motifs is 1. The molecule has 2 heterocycles. The van der Waals surface area contributed by atoms with Crippen molar-refractivity contribution >= 4 is 11.0 Å². The minimum atomic E-state index is -0.335. The quantitative estimate of drug-likeness (QED) is 0.807. The summed E-state index contributed by atoms with van der Waals surface area (Å²) >= 11 is 0. The van der Waals surface area contributed by atoms with E-state index in [0.717, 1.165) is 31.7 Å². The van der Waals surface area contributed by atoms with Crippen molar-refractivity contribution in [3.05, 3.63) is 34.5 Å². The molecule has 3 rings (SSSR count). The van der Waals surface area contributed by atoms with Crippen LogP contribution in [0.3, 0.4) is 0 Å². The monoisotopic (exact) mass is 250 g/mol. The molecule has 0 saturated carbocycles. The van der Waals surface area contributed by atoms with Crippen molar-refractivity contribution in [2.75, 3.05) is 26.2 Å². The molecule has 1 aliphatic rings. The predicted molar refractivity (Wildman–Crippen MR) is 67.0 cm³/mol. The van der Waals surface area contributed by atoms with Crippen LogP contribution in [0.5, 0.6) is 0 Å². The van der Waals surface area contributed by atoms with Crippen molar-refractivity contribution in [1.29, 1.82) is 0 Å². The summed E-state index contributed by atoms with van der Waals surface area (Å²) in [5, 5.41) is 3.27. The Morgan fingerprint density at radius 1 is 1.28 bits per heavy atom. The molecule has 1 saturated heterocycles. The molecule has 1 aromatic carbocycles. The number of nitrogens with one attached hydrogen (secondary N) is 2. The van der Waals surface area contributed by atoms with Crippen molar-refractivity contribution in [2.24, 2.45) is 0 Å². The maximum absolute atomic E-state index is 13.1. The molecule has 2 N–H and O–H groups in total. The lowest BCUT2D eigenvalue weighted by molar-refractivity contribution is 0.193. The predicted octanol–water partition coefficient (Wildman–Crippen LogP) is 0.331. The molecule has 0 amide bonds. The number of aromatic nitrogens is 2. The molecule has 0 bridgehead atoms. The van der Waals surface area contributed by atoms with Crippen molar-refractivity contribution in [2.45, 2.75) is 6.67 Å². The van der Waals surface area contributed by atoms with Gasteiger partial charge in [-0.3, -0.25) is 9.47 Å². The van der Waals surface area contributed by atoms with Crippen molar-refractivity contribution < 1.29 is 4.39 Å². The summed E-state index contributed by atoms with van der Waals surface area (Å²) in [5.74, 6) is -0.335. The summed E-state index contributed by atoms with van der Waals surface area (Å²) in [4.78, 5) is 16.8. The molecule has 1 aliphatic heterocycles. The molecule has 0 radical (unpaired) electrons. The zero-order chi connectivity index (χ0) is 12.5. The van der Waals surface area contributed by atoms with E-state index >= 15 is 0 Å². The highest BCUT2D eigenvalue weighted by molar-refractivity contribution is 5.75. The fourth-order valence-electron chi connectivity index (χ4n) is 2.33. The number of rotatable bonds is 2. The largest absolute Gasteiger partial charge is 0.327 e. The first kappa shape index (κ1) is 11.4. The van der Waals surface area contributed by atoms with E-state index in [-0.39, 0.29) is 11.5 Å². The first-order valence-corrected chi connectivity index (χ1v) is 6.05.